The predicted molar refractivity (Wildman–Crippen MR) is 83.8 cm³/mol. The Morgan fingerprint density at radius 3 is 2.82 bits per heavy atom. The fourth-order valence-electron chi connectivity index (χ4n) is 3.65. The van der Waals surface area contributed by atoms with E-state index in [0.29, 0.717) is 18.2 Å². The highest BCUT2D eigenvalue weighted by Crippen LogP contribution is 2.32. The Hall–Kier alpha value is -1.49. The molecule has 1 unspecified atom stereocenters. The van der Waals surface area contributed by atoms with Crippen molar-refractivity contribution in [3.05, 3.63) is 23.8 Å². The van der Waals surface area contributed by atoms with Gasteiger partial charge in [-0.15, -0.1) is 0 Å². The monoisotopic (exact) mass is 303 g/mol. The SMILES string of the molecule is COCC1CCCCN1C(=O)c1ccnc(C2CCCC2)n1. The number of hydrogen-bond acceptors (Lipinski definition) is 4. The Morgan fingerprint density at radius 2 is 2.05 bits per heavy atom. The second-order valence-electron chi connectivity index (χ2n) is 6.38. The van der Waals surface area contributed by atoms with Gasteiger partial charge in [-0.2, -0.15) is 0 Å². The standard InChI is InChI=1S/C17H25N3O2/c1-22-12-14-8-4-5-11-20(14)17(21)15-9-10-18-16(19-15)13-6-2-3-7-13/h9-10,13-14H,2-8,11-12H2,1H3. The van der Waals surface area contributed by atoms with Crippen molar-refractivity contribution in [1.82, 2.24) is 14.9 Å². The third-order valence-electron chi connectivity index (χ3n) is 4.86. The first-order valence-electron chi connectivity index (χ1n) is 8.42. The maximum absolute atomic E-state index is 12.8. The summed E-state index contributed by atoms with van der Waals surface area (Å²) in [7, 11) is 1.69. The van der Waals surface area contributed by atoms with Crippen molar-refractivity contribution < 1.29 is 9.53 Å². The van der Waals surface area contributed by atoms with Crippen molar-refractivity contribution >= 4 is 5.91 Å². The topological polar surface area (TPSA) is 55.3 Å². The van der Waals surface area contributed by atoms with Gasteiger partial charge < -0.3 is 9.64 Å². The van der Waals surface area contributed by atoms with Crippen LogP contribution in [0, 0.1) is 0 Å². The molecule has 5 heteroatoms. The quantitative estimate of drug-likeness (QED) is 0.858. The van der Waals surface area contributed by atoms with Crippen LogP contribution < -0.4 is 0 Å². The molecule has 1 atom stereocenters. The number of ether oxygens (including phenoxy) is 1. The van der Waals surface area contributed by atoms with E-state index in [9.17, 15) is 4.79 Å². The number of nitrogens with zero attached hydrogens (tertiary/aromatic N) is 3. The van der Waals surface area contributed by atoms with Gasteiger partial charge in [0, 0.05) is 25.8 Å². The number of carbonyl (C=O) groups excluding carboxylic acids is 1. The highest BCUT2D eigenvalue weighted by atomic mass is 16.5. The molecule has 1 saturated heterocycles. The summed E-state index contributed by atoms with van der Waals surface area (Å²) in [5.41, 5.74) is 0.542. The summed E-state index contributed by atoms with van der Waals surface area (Å²) in [6, 6.07) is 1.93. The van der Waals surface area contributed by atoms with E-state index in [0.717, 1.165) is 44.5 Å². The molecule has 3 rings (SSSR count). The van der Waals surface area contributed by atoms with E-state index in [2.05, 4.69) is 9.97 Å². The number of aromatic nitrogens is 2. The molecule has 1 aliphatic heterocycles. The molecule has 0 aromatic carbocycles. The molecule has 22 heavy (non-hydrogen) atoms. The van der Waals surface area contributed by atoms with Crippen molar-refractivity contribution in [2.75, 3.05) is 20.3 Å². The molecule has 2 aliphatic rings. The zero-order chi connectivity index (χ0) is 15.4. The number of likely N-dealkylation sites (tertiary alicyclic amines) is 1. The molecule has 1 aliphatic carbocycles. The maximum atomic E-state index is 12.8. The van der Waals surface area contributed by atoms with E-state index < -0.39 is 0 Å². The van der Waals surface area contributed by atoms with Gasteiger partial charge in [0.15, 0.2) is 0 Å². The number of methoxy groups -OCH3 is 1. The van der Waals surface area contributed by atoms with Crippen LogP contribution in [0.1, 0.15) is 67.2 Å². The highest BCUT2D eigenvalue weighted by Gasteiger charge is 2.29. The normalized spacial score (nSPS) is 23.0. The summed E-state index contributed by atoms with van der Waals surface area (Å²) in [6.45, 7) is 1.40. The van der Waals surface area contributed by atoms with Crippen LogP contribution in [-0.2, 0) is 4.74 Å². The molecular weight excluding hydrogens is 278 g/mol. The zero-order valence-corrected chi connectivity index (χ0v) is 13.3. The summed E-state index contributed by atoms with van der Waals surface area (Å²) < 4.78 is 5.28. The van der Waals surface area contributed by atoms with Gasteiger partial charge in [-0.25, -0.2) is 9.97 Å². The third-order valence-corrected chi connectivity index (χ3v) is 4.86. The molecule has 0 bridgehead atoms. The molecule has 1 aromatic heterocycles. The molecule has 2 heterocycles. The fraction of sp³-hybridized carbons (Fsp3) is 0.706. The first-order valence-corrected chi connectivity index (χ1v) is 8.42. The van der Waals surface area contributed by atoms with Gasteiger partial charge in [-0.1, -0.05) is 12.8 Å². The van der Waals surface area contributed by atoms with Gasteiger partial charge in [0.2, 0.25) is 0 Å². The molecule has 120 valence electrons. The Kier molecular flexibility index (Phi) is 5.03. The van der Waals surface area contributed by atoms with E-state index in [-0.39, 0.29) is 11.9 Å². The van der Waals surface area contributed by atoms with E-state index in [1.54, 1.807) is 19.4 Å². The van der Waals surface area contributed by atoms with Crippen LogP contribution in [-0.4, -0.2) is 47.1 Å². The smallest absolute Gasteiger partial charge is 0.272 e. The summed E-state index contributed by atoms with van der Waals surface area (Å²) in [4.78, 5) is 23.7. The Bertz CT molecular complexity index is 512. The van der Waals surface area contributed by atoms with Crippen LogP contribution in [0.3, 0.4) is 0 Å². The summed E-state index contributed by atoms with van der Waals surface area (Å²) >= 11 is 0. The van der Waals surface area contributed by atoms with Crippen molar-refractivity contribution in [3.8, 4) is 0 Å². The number of hydrogen-bond donors (Lipinski definition) is 0. The zero-order valence-electron chi connectivity index (χ0n) is 13.3. The van der Waals surface area contributed by atoms with Crippen LogP contribution in [0.5, 0.6) is 0 Å². The molecular formula is C17H25N3O2. The van der Waals surface area contributed by atoms with Crippen LogP contribution in [0.25, 0.3) is 0 Å². The lowest BCUT2D eigenvalue weighted by Gasteiger charge is -2.35. The number of piperidine rings is 1. The summed E-state index contributed by atoms with van der Waals surface area (Å²) in [5, 5.41) is 0. The summed E-state index contributed by atoms with van der Waals surface area (Å²) in [6.07, 6.45) is 9.76. The van der Waals surface area contributed by atoms with Crippen LogP contribution in [0.4, 0.5) is 0 Å². The van der Waals surface area contributed by atoms with E-state index in [1.807, 2.05) is 4.90 Å². The minimum Gasteiger partial charge on any atom is -0.383 e. The lowest BCUT2D eigenvalue weighted by atomic mass is 10.0. The van der Waals surface area contributed by atoms with Crippen LogP contribution in [0.2, 0.25) is 0 Å². The number of carbonyl (C=O) groups is 1. The third kappa shape index (κ3) is 3.29. The molecule has 0 spiro atoms. The number of amides is 1. The van der Waals surface area contributed by atoms with Gasteiger partial charge >= 0.3 is 0 Å². The van der Waals surface area contributed by atoms with E-state index >= 15 is 0 Å². The Balaban J connectivity index is 1.77. The molecule has 0 radical (unpaired) electrons. The molecule has 0 N–H and O–H groups in total. The molecule has 5 nitrogen and oxygen atoms in total. The van der Waals surface area contributed by atoms with Crippen LogP contribution >= 0.6 is 0 Å². The molecule has 1 saturated carbocycles. The minimum absolute atomic E-state index is 0.0309. The number of rotatable bonds is 4. The van der Waals surface area contributed by atoms with Gasteiger partial charge in [0.25, 0.3) is 5.91 Å². The van der Waals surface area contributed by atoms with Gasteiger partial charge in [-0.3, -0.25) is 4.79 Å². The predicted octanol–water partition coefficient (Wildman–Crippen LogP) is 2.78. The van der Waals surface area contributed by atoms with E-state index in [4.69, 9.17) is 4.74 Å². The van der Waals surface area contributed by atoms with Gasteiger partial charge in [-0.05, 0) is 38.2 Å². The van der Waals surface area contributed by atoms with Gasteiger partial charge in [0.05, 0.1) is 12.6 Å². The lowest BCUT2D eigenvalue weighted by Crippen LogP contribution is -2.46. The highest BCUT2D eigenvalue weighted by molar-refractivity contribution is 5.92. The van der Waals surface area contributed by atoms with Crippen LogP contribution in [0.15, 0.2) is 12.3 Å². The second-order valence-corrected chi connectivity index (χ2v) is 6.38. The minimum atomic E-state index is 0.0309. The largest absolute Gasteiger partial charge is 0.383 e. The molecule has 1 aromatic rings. The molecule has 1 amide bonds. The van der Waals surface area contributed by atoms with Crippen molar-refractivity contribution in [3.63, 3.8) is 0 Å². The fourth-order valence-corrected chi connectivity index (χ4v) is 3.65. The van der Waals surface area contributed by atoms with E-state index in [1.165, 1.54) is 12.8 Å². The maximum Gasteiger partial charge on any atom is 0.272 e. The Morgan fingerprint density at radius 1 is 1.27 bits per heavy atom. The second kappa shape index (κ2) is 7.18. The first kappa shape index (κ1) is 15.4. The summed E-state index contributed by atoms with van der Waals surface area (Å²) in [5.74, 6) is 1.32. The first-order chi connectivity index (χ1) is 10.8. The average molecular weight is 303 g/mol. The van der Waals surface area contributed by atoms with Crippen molar-refractivity contribution in [1.29, 1.82) is 0 Å². The molecule has 2 fully saturated rings. The average Bonchev–Trinajstić information content (AvgIpc) is 3.10. The lowest BCUT2D eigenvalue weighted by molar-refractivity contribution is 0.0422. The Labute approximate surface area is 132 Å². The van der Waals surface area contributed by atoms with Gasteiger partial charge in [0.1, 0.15) is 11.5 Å². The van der Waals surface area contributed by atoms with Crippen molar-refractivity contribution in [2.24, 2.45) is 0 Å². The van der Waals surface area contributed by atoms with Crippen molar-refractivity contribution in [2.45, 2.75) is 56.9 Å².